The van der Waals surface area contributed by atoms with Gasteiger partial charge in [-0.25, -0.2) is 4.79 Å². The number of carbonyl (C=O) groups excluding carboxylic acids is 1. The van der Waals surface area contributed by atoms with Crippen LogP contribution in [0.15, 0.2) is 40.8 Å². The fourth-order valence-electron chi connectivity index (χ4n) is 1.78. The predicted octanol–water partition coefficient (Wildman–Crippen LogP) is 1.94. The molecule has 5 nitrogen and oxygen atoms in total. The van der Waals surface area contributed by atoms with Gasteiger partial charge in [0.05, 0.1) is 12.6 Å². The predicted molar refractivity (Wildman–Crippen MR) is 73.0 cm³/mol. The van der Waals surface area contributed by atoms with Crippen LogP contribution in [0.1, 0.15) is 33.5 Å². The van der Waals surface area contributed by atoms with E-state index in [4.69, 9.17) is 20.0 Å². The van der Waals surface area contributed by atoms with Crippen LogP contribution in [0.5, 0.6) is 0 Å². The van der Waals surface area contributed by atoms with E-state index in [0.717, 1.165) is 5.56 Å². The van der Waals surface area contributed by atoms with Crippen molar-refractivity contribution in [3.8, 4) is 0 Å². The molecule has 1 aromatic heterocycles. The number of carbonyl (C=O) groups is 1. The lowest BCUT2D eigenvalue weighted by Crippen LogP contribution is -2.13. The Bertz CT molecular complexity index is 577. The van der Waals surface area contributed by atoms with Crippen molar-refractivity contribution in [1.29, 1.82) is 0 Å². The summed E-state index contributed by atoms with van der Waals surface area (Å²) in [6.07, 6.45) is 0. The highest BCUT2D eigenvalue weighted by molar-refractivity contribution is 5.90. The van der Waals surface area contributed by atoms with Crippen LogP contribution in [0.25, 0.3) is 0 Å². The Hall–Kier alpha value is -2.11. The Morgan fingerprint density at radius 1 is 1.40 bits per heavy atom. The first-order chi connectivity index (χ1) is 9.61. The van der Waals surface area contributed by atoms with E-state index in [2.05, 4.69) is 0 Å². The minimum Gasteiger partial charge on any atom is -0.464 e. The summed E-state index contributed by atoms with van der Waals surface area (Å²) in [6, 6.07) is 10.3. The van der Waals surface area contributed by atoms with Crippen LogP contribution in [-0.2, 0) is 11.3 Å². The second kappa shape index (κ2) is 6.36. The van der Waals surface area contributed by atoms with Gasteiger partial charge in [0, 0.05) is 0 Å². The smallest absolute Gasteiger partial charge is 0.342 e. The zero-order valence-electron chi connectivity index (χ0n) is 11.2. The largest absolute Gasteiger partial charge is 0.464 e. The first kappa shape index (κ1) is 14.3. The minimum absolute atomic E-state index is 0.200. The first-order valence-corrected chi connectivity index (χ1v) is 6.29. The number of aliphatic hydroxyl groups excluding tert-OH is 1. The molecule has 0 saturated heterocycles. The maximum atomic E-state index is 12.0. The highest BCUT2D eigenvalue weighted by atomic mass is 16.5. The van der Waals surface area contributed by atoms with Crippen LogP contribution in [-0.4, -0.2) is 17.7 Å². The Kier molecular flexibility index (Phi) is 4.55. The van der Waals surface area contributed by atoms with Crippen molar-refractivity contribution in [3.05, 3.63) is 59.0 Å². The zero-order chi connectivity index (χ0) is 14.5. The minimum atomic E-state index is -0.635. The number of hydrogen-bond donors (Lipinski definition) is 2. The molecule has 2 rings (SSSR count). The van der Waals surface area contributed by atoms with Crippen LogP contribution in [0, 0.1) is 6.92 Å². The molecule has 106 valence electrons. The lowest BCUT2D eigenvalue weighted by atomic mass is 10.2. The van der Waals surface area contributed by atoms with Crippen LogP contribution in [0.4, 0.5) is 0 Å². The van der Waals surface area contributed by atoms with Crippen LogP contribution in [0.3, 0.4) is 0 Å². The van der Waals surface area contributed by atoms with Gasteiger partial charge in [-0.05, 0) is 18.6 Å². The molecule has 0 saturated carbocycles. The number of rotatable bonds is 5. The van der Waals surface area contributed by atoms with Gasteiger partial charge < -0.3 is 20.0 Å². The molecule has 0 spiro atoms. The molecule has 3 N–H and O–H groups in total. The van der Waals surface area contributed by atoms with E-state index >= 15 is 0 Å². The molecule has 0 radical (unpaired) electrons. The quantitative estimate of drug-likeness (QED) is 0.814. The van der Waals surface area contributed by atoms with Gasteiger partial charge in [-0.15, -0.1) is 0 Å². The normalized spacial score (nSPS) is 12.2. The van der Waals surface area contributed by atoms with Crippen molar-refractivity contribution in [2.45, 2.75) is 19.6 Å². The zero-order valence-corrected chi connectivity index (χ0v) is 11.2. The molecule has 2 aromatic rings. The second-order valence-electron chi connectivity index (χ2n) is 4.47. The number of aliphatic hydroxyl groups is 1. The summed E-state index contributed by atoms with van der Waals surface area (Å²) in [5, 5.41) is 8.98. The molecule has 0 bridgehead atoms. The lowest BCUT2D eigenvalue weighted by molar-refractivity contribution is 0.0470. The third-order valence-corrected chi connectivity index (χ3v) is 2.93. The van der Waals surface area contributed by atoms with Crippen molar-refractivity contribution >= 4 is 5.97 Å². The molecule has 0 aliphatic carbocycles. The maximum absolute atomic E-state index is 12.0. The van der Waals surface area contributed by atoms with E-state index in [-0.39, 0.29) is 13.2 Å². The molecule has 0 aliphatic rings. The average molecular weight is 275 g/mol. The van der Waals surface area contributed by atoms with E-state index in [1.54, 1.807) is 6.92 Å². The van der Waals surface area contributed by atoms with E-state index < -0.39 is 12.0 Å². The van der Waals surface area contributed by atoms with Crippen molar-refractivity contribution in [2.24, 2.45) is 5.73 Å². The molecule has 1 heterocycles. The first-order valence-electron chi connectivity index (χ1n) is 6.29. The molecule has 0 fully saturated rings. The summed E-state index contributed by atoms with van der Waals surface area (Å²) in [5.74, 6) is 0.338. The number of esters is 1. The summed E-state index contributed by atoms with van der Waals surface area (Å²) in [4.78, 5) is 12.0. The fourth-order valence-corrected chi connectivity index (χ4v) is 1.78. The van der Waals surface area contributed by atoms with Crippen molar-refractivity contribution in [3.63, 3.8) is 0 Å². The van der Waals surface area contributed by atoms with E-state index in [1.165, 1.54) is 6.07 Å². The number of aryl methyl sites for hydroxylation is 1. The van der Waals surface area contributed by atoms with Crippen LogP contribution in [0.2, 0.25) is 0 Å². The standard InChI is InChI=1S/C15H17NO4/c1-10-12(7-14(20-10)13(16)8-17)15(18)19-9-11-5-3-2-4-6-11/h2-7,13,17H,8-9,16H2,1H3/t13-/m1/s1. The Labute approximate surface area is 117 Å². The molecule has 5 heteroatoms. The van der Waals surface area contributed by atoms with Gasteiger partial charge >= 0.3 is 5.97 Å². The SMILES string of the molecule is Cc1oc([C@H](N)CO)cc1C(=O)OCc1ccccc1. The average Bonchev–Trinajstić information content (AvgIpc) is 2.87. The number of hydrogen-bond acceptors (Lipinski definition) is 5. The Morgan fingerprint density at radius 2 is 2.10 bits per heavy atom. The molecule has 20 heavy (non-hydrogen) atoms. The van der Waals surface area contributed by atoms with Gasteiger partial charge in [0.15, 0.2) is 0 Å². The topological polar surface area (TPSA) is 85.7 Å². The number of nitrogens with two attached hydrogens (primary N) is 1. The molecule has 0 aliphatic heterocycles. The van der Waals surface area contributed by atoms with Crippen molar-refractivity contribution < 1.29 is 19.1 Å². The molecule has 1 atom stereocenters. The summed E-state index contributed by atoms with van der Waals surface area (Å²) in [6.45, 7) is 1.61. The number of ether oxygens (including phenoxy) is 1. The van der Waals surface area contributed by atoms with Crippen molar-refractivity contribution in [1.82, 2.24) is 0 Å². The molecule has 1 aromatic carbocycles. The van der Waals surface area contributed by atoms with Gasteiger partial charge in [0.2, 0.25) is 0 Å². The summed E-state index contributed by atoms with van der Waals surface area (Å²) in [5.41, 5.74) is 6.89. The van der Waals surface area contributed by atoms with Gasteiger partial charge in [0.1, 0.15) is 23.7 Å². The van der Waals surface area contributed by atoms with Gasteiger partial charge in [0.25, 0.3) is 0 Å². The monoisotopic (exact) mass is 275 g/mol. The Balaban J connectivity index is 2.04. The molecular weight excluding hydrogens is 258 g/mol. The highest BCUT2D eigenvalue weighted by Crippen LogP contribution is 2.20. The van der Waals surface area contributed by atoms with E-state index in [1.807, 2.05) is 30.3 Å². The van der Waals surface area contributed by atoms with E-state index in [9.17, 15) is 4.79 Å². The maximum Gasteiger partial charge on any atom is 0.342 e. The number of benzene rings is 1. The van der Waals surface area contributed by atoms with Gasteiger partial charge in [-0.1, -0.05) is 30.3 Å². The highest BCUT2D eigenvalue weighted by Gasteiger charge is 2.19. The summed E-state index contributed by atoms with van der Waals surface area (Å²) >= 11 is 0. The number of furan rings is 1. The summed E-state index contributed by atoms with van der Waals surface area (Å²) in [7, 11) is 0. The third-order valence-electron chi connectivity index (χ3n) is 2.93. The van der Waals surface area contributed by atoms with Gasteiger partial charge in [-0.3, -0.25) is 0 Å². The lowest BCUT2D eigenvalue weighted by Gasteiger charge is -2.03. The van der Waals surface area contributed by atoms with Crippen LogP contribution < -0.4 is 5.73 Å². The second-order valence-corrected chi connectivity index (χ2v) is 4.47. The molecular formula is C15H17NO4. The third kappa shape index (κ3) is 3.26. The van der Waals surface area contributed by atoms with Gasteiger partial charge in [-0.2, -0.15) is 0 Å². The fraction of sp³-hybridized carbons (Fsp3) is 0.267. The van der Waals surface area contributed by atoms with Crippen LogP contribution >= 0.6 is 0 Å². The molecule has 0 amide bonds. The Morgan fingerprint density at radius 3 is 2.75 bits per heavy atom. The van der Waals surface area contributed by atoms with Crippen molar-refractivity contribution in [2.75, 3.05) is 6.61 Å². The molecule has 0 unspecified atom stereocenters. The van der Waals surface area contributed by atoms with E-state index in [0.29, 0.717) is 17.1 Å². The summed E-state index contributed by atoms with van der Waals surface area (Å²) < 4.78 is 10.6.